The lowest BCUT2D eigenvalue weighted by Crippen LogP contribution is -2.49. The minimum absolute atomic E-state index is 0.0114. The summed E-state index contributed by atoms with van der Waals surface area (Å²) < 4.78 is 3.15. The molecule has 0 aliphatic carbocycles. The summed E-state index contributed by atoms with van der Waals surface area (Å²) in [6, 6.07) is 15.5. The van der Waals surface area contributed by atoms with Gasteiger partial charge in [-0.2, -0.15) is 5.10 Å². The number of aryl methyl sites for hydroxylation is 1. The molecule has 158 valence electrons. The number of halogens is 1. The van der Waals surface area contributed by atoms with Gasteiger partial charge in [0.05, 0.1) is 6.20 Å². The van der Waals surface area contributed by atoms with Gasteiger partial charge in [-0.25, -0.2) is 4.68 Å². The van der Waals surface area contributed by atoms with Gasteiger partial charge in [0.2, 0.25) is 5.91 Å². The summed E-state index contributed by atoms with van der Waals surface area (Å²) in [6.07, 6.45) is 1.70. The zero-order valence-electron chi connectivity index (χ0n) is 17.2. The first-order chi connectivity index (χ1) is 15.0. The van der Waals surface area contributed by atoms with E-state index in [1.54, 1.807) is 13.2 Å². The molecule has 0 spiro atoms. The van der Waals surface area contributed by atoms with Crippen molar-refractivity contribution in [3.8, 4) is 0 Å². The van der Waals surface area contributed by atoms with E-state index in [0.29, 0.717) is 23.6 Å². The Morgan fingerprint density at radius 3 is 2.45 bits per heavy atom. The number of nitrogens with zero attached hydrogens (tertiary/aromatic N) is 5. The zero-order valence-corrected chi connectivity index (χ0v) is 17.9. The van der Waals surface area contributed by atoms with Crippen LogP contribution in [-0.4, -0.2) is 51.3 Å². The van der Waals surface area contributed by atoms with Crippen LogP contribution in [0.1, 0.15) is 0 Å². The topological polar surface area (TPSA) is 63.4 Å². The number of para-hydroxylation sites is 1. The highest BCUT2D eigenvalue weighted by atomic mass is 35.5. The number of amides is 1. The lowest BCUT2D eigenvalue weighted by Gasteiger charge is -2.36. The number of benzene rings is 2. The molecule has 2 aromatic carbocycles. The Bertz CT molecular complexity index is 1330. The van der Waals surface area contributed by atoms with Gasteiger partial charge in [0.15, 0.2) is 0 Å². The van der Waals surface area contributed by atoms with Gasteiger partial charge in [-0.3, -0.25) is 9.59 Å². The maximum atomic E-state index is 13.2. The number of rotatable bonds is 3. The van der Waals surface area contributed by atoms with Gasteiger partial charge in [0, 0.05) is 60.2 Å². The summed E-state index contributed by atoms with van der Waals surface area (Å²) in [5.74, 6) is 0.0114. The normalized spacial score (nSPS) is 14.5. The molecule has 2 aromatic heterocycles. The Balaban J connectivity index is 1.40. The average Bonchev–Trinajstić information content (AvgIpc) is 3.11. The van der Waals surface area contributed by atoms with Crippen molar-refractivity contribution >= 4 is 45.0 Å². The fourth-order valence-corrected chi connectivity index (χ4v) is 4.43. The van der Waals surface area contributed by atoms with E-state index in [1.165, 1.54) is 4.68 Å². The molecule has 7 nitrogen and oxygen atoms in total. The fourth-order valence-electron chi connectivity index (χ4n) is 4.31. The lowest BCUT2D eigenvalue weighted by molar-refractivity contribution is -0.132. The molecule has 1 aliphatic heterocycles. The van der Waals surface area contributed by atoms with Crippen LogP contribution in [0.25, 0.3) is 21.8 Å². The van der Waals surface area contributed by atoms with Gasteiger partial charge in [0.25, 0.3) is 5.56 Å². The highest BCUT2D eigenvalue weighted by molar-refractivity contribution is 6.30. The Labute approximate surface area is 184 Å². The van der Waals surface area contributed by atoms with Crippen LogP contribution >= 0.6 is 11.6 Å². The molecule has 4 aromatic rings. The van der Waals surface area contributed by atoms with Crippen LogP contribution in [0.5, 0.6) is 0 Å². The molecule has 0 unspecified atom stereocenters. The Hall–Kier alpha value is -3.32. The van der Waals surface area contributed by atoms with E-state index in [2.05, 4.69) is 10.00 Å². The van der Waals surface area contributed by atoms with Crippen molar-refractivity contribution < 1.29 is 4.79 Å². The standard InChI is InChI=1S/C23H22ClN5O2/c1-26-23(31)22-19(14-25-26)18-4-2-3-5-20(18)29(22)15-21(30)28-12-10-27(11-13-28)17-8-6-16(24)7-9-17/h2-9,14H,10-13,15H2,1H3. The maximum absolute atomic E-state index is 13.2. The van der Waals surface area contributed by atoms with E-state index in [4.69, 9.17) is 11.6 Å². The summed E-state index contributed by atoms with van der Waals surface area (Å²) in [7, 11) is 1.63. The first kappa shape index (κ1) is 19.6. The van der Waals surface area contributed by atoms with E-state index in [-0.39, 0.29) is 18.0 Å². The zero-order chi connectivity index (χ0) is 21.5. The molecular formula is C23H22ClN5O2. The molecule has 1 aliphatic rings. The minimum atomic E-state index is -0.200. The maximum Gasteiger partial charge on any atom is 0.291 e. The van der Waals surface area contributed by atoms with Crippen LogP contribution in [-0.2, 0) is 18.4 Å². The third-order valence-corrected chi connectivity index (χ3v) is 6.24. The van der Waals surface area contributed by atoms with Crippen LogP contribution in [0.4, 0.5) is 5.69 Å². The fraction of sp³-hybridized carbons (Fsp3) is 0.261. The van der Waals surface area contributed by atoms with Crippen molar-refractivity contribution in [2.45, 2.75) is 6.54 Å². The SMILES string of the molecule is Cn1ncc2c3ccccc3n(CC(=O)N3CCN(c4ccc(Cl)cc4)CC3)c2c1=O. The second kappa shape index (κ2) is 7.74. The van der Waals surface area contributed by atoms with E-state index in [0.717, 1.165) is 35.1 Å². The number of hydrogen-bond acceptors (Lipinski definition) is 4. The predicted molar refractivity (Wildman–Crippen MR) is 123 cm³/mol. The van der Waals surface area contributed by atoms with Crippen molar-refractivity contribution in [2.75, 3.05) is 31.1 Å². The molecule has 1 saturated heterocycles. The Kier molecular flexibility index (Phi) is 4.90. The number of hydrogen-bond donors (Lipinski definition) is 0. The predicted octanol–water partition coefficient (Wildman–Crippen LogP) is 2.89. The van der Waals surface area contributed by atoms with Gasteiger partial charge in [-0.1, -0.05) is 29.8 Å². The van der Waals surface area contributed by atoms with Gasteiger partial charge < -0.3 is 14.4 Å². The number of aromatic nitrogens is 3. The molecule has 31 heavy (non-hydrogen) atoms. The smallest absolute Gasteiger partial charge is 0.291 e. The summed E-state index contributed by atoms with van der Waals surface area (Å²) in [4.78, 5) is 30.1. The molecule has 0 saturated carbocycles. The molecule has 3 heterocycles. The Morgan fingerprint density at radius 2 is 1.71 bits per heavy atom. The molecule has 1 fully saturated rings. The van der Waals surface area contributed by atoms with Gasteiger partial charge in [0.1, 0.15) is 12.1 Å². The molecule has 0 bridgehead atoms. The van der Waals surface area contributed by atoms with Crippen LogP contribution < -0.4 is 10.5 Å². The number of carbonyl (C=O) groups is 1. The molecule has 1 amide bonds. The van der Waals surface area contributed by atoms with Gasteiger partial charge >= 0.3 is 0 Å². The van der Waals surface area contributed by atoms with Crippen molar-refractivity contribution in [3.05, 3.63) is 70.1 Å². The second-order valence-electron chi connectivity index (χ2n) is 7.78. The molecule has 0 atom stereocenters. The lowest BCUT2D eigenvalue weighted by atomic mass is 10.2. The number of piperazine rings is 1. The van der Waals surface area contributed by atoms with Gasteiger partial charge in [-0.05, 0) is 30.3 Å². The largest absolute Gasteiger partial charge is 0.368 e. The molecule has 0 N–H and O–H groups in total. The summed E-state index contributed by atoms with van der Waals surface area (Å²) in [6.45, 7) is 2.92. The van der Waals surface area contributed by atoms with E-state index in [1.807, 2.05) is 58.0 Å². The van der Waals surface area contributed by atoms with Crippen LogP contribution in [0.3, 0.4) is 0 Å². The van der Waals surface area contributed by atoms with Crippen molar-refractivity contribution in [3.63, 3.8) is 0 Å². The Morgan fingerprint density at radius 1 is 1.00 bits per heavy atom. The van der Waals surface area contributed by atoms with E-state index in [9.17, 15) is 9.59 Å². The van der Waals surface area contributed by atoms with E-state index < -0.39 is 0 Å². The summed E-state index contributed by atoms with van der Waals surface area (Å²) in [5.41, 5.74) is 2.30. The quantitative estimate of drug-likeness (QED) is 0.496. The third kappa shape index (κ3) is 3.45. The second-order valence-corrected chi connectivity index (χ2v) is 8.22. The van der Waals surface area contributed by atoms with Crippen molar-refractivity contribution in [2.24, 2.45) is 7.05 Å². The van der Waals surface area contributed by atoms with Crippen LogP contribution in [0, 0.1) is 0 Å². The highest BCUT2D eigenvalue weighted by Crippen LogP contribution is 2.26. The summed E-state index contributed by atoms with van der Waals surface area (Å²) in [5, 5.41) is 6.59. The van der Waals surface area contributed by atoms with Crippen molar-refractivity contribution in [1.29, 1.82) is 0 Å². The van der Waals surface area contributed by atoms with E-state index >= 15 is 0 Å². The highest BCUT2D eigenvalue weighted by Gasteiger charge is 2.23. The summed E-state index contributed by atoms with van der Waals surface area (Å²) >= 11 is 5.99. The first-order valence-electron chi connectivity index (χ1n) is 10.2. The third-order valence-electron chi connectivity index (χ3n) is 5.98. The van der Waals surface area contributed by atoms with Crippen LogP contribution in [0.15, 0.2) is 59.5 Å². The monoisotopic (exact) mass is 435 g/mol. The van der Waals surface area contributed by atoms with Crippen LogP contribution in [0.2, 0.25) is 5.02 Å². The molecular weight excluding hydrogens is 414 g/mol. The molecule has 5 rings (SSSR count). The first-order valence-corrected chi connectivity index (χ1v) is 10.6. The molecule has 8 heteroatoms. The number of anilines is 1. The number of carbonyl (C=O) groups excluding carboxylic acids is 1. The molecule has 0 radical (unpaired) electrons. The average molecular weight is 436 g/mol. The van der Waals surface area contributed by atoms with Gasteiger partial charge in [-0.15, -0.1) is 0 Å². The minimum Gasteiger partial charge on any atom is -0.368 e. The van der Waals surface area contributed by atoms with Crippen molar-refractivity contribution in [1.82, 2.24) is 19.2 Å². The number of fused-ring (bicyclic) bond motifs is 3.